The van der Waals surface area contributed by atoms with E-state index in [0.717, 1.165) is 41.9 Å². The molecule has 5 rings (SSSR count). The third-order valence-corrected chi connectivity index (χ3v) is 8.79. The van der Waals surface area contributed by atoms with Crippen molar-refractivity contribution >= 4 is 32.9 Å². The van der Waals surface area contributed by atoms with Crippen LogP contribution in [-0.2, 0) is 21.2 Å². The molecule has 5 heterocycles. The number of carbonyl (C=O) groups excluding carboxylic acids is 1. The van der Waals surface area contributed by atoms with Crippen molar-refractivity contribution in [3.63, 3.8) is 0 Å². The molecule has 0 radical (unpaired) electrons. The number of hydrogen-bond donors (Lipinski definition) is 1. The molecule has 3 aromatic rings. The van der Waals surface area contributed by atoms with E-state index in [1.165, 1.54) is 11.3 Å². The van der Waals surface area contributed by atoms with E-state index in [-0.39, 0.29) is 24.5 Å². The van der Waals surface area contributed by atoms with E-state index in [1.54, 1.807) is 17.5 Å². The monoisotopic (exact) mass is 445 g/mol. The minimum absolute atomic E-state index is 0.0375. The van der Waals surface area contributed by atoms with Gasteiger partial charge in [0, 0.05) is 43.3 Å². The third-order valence-electron chi connectivity index (χ3n) is 5.94. The molecule has 2 bridgehead atoms. The Bertz CT molecular complexity index is 1200. The van der Waals surface area contributed by atoms with Crippen LogP contribution in [0, 0.1) is 6.92 Å². The van der Waals surface area contributed by atoms with Gasteiger partial charge in [-0.25, -0.2) is 22.6 Å². The highest BCUT2D eigenvalue weighted by atomic mass is 32.2. The summed E-state index contributed by atoms with van der Waals surface area (Å²) in [5.41, 5.74) is 4.04. The summed E-state index contributed by atoms with van der Waals surface area (Å²) in [4.78, 5) is 19.5. The van der Waals surface area contributed by atoms with E-state index in [2.05, 4.69) is 14.8 Å². The zero-order valence-corrected chi connectivity index (χ0v) is 18.2. The number of sulfonamides is 1. The molecule has 10 heteroatoms. The van der Waals surface area contributed by atoms with Gasteiger partial charge in [0.15, 0.2) is 5.65 Å². The number of amides is 1. The fraction of sp³-hybridized carbons (Fsp3) is 0.450. The Morgan fingerprint density at radius 3 is 3.03 bits per heavy atom. The summed E-state index contributed by atoms with van der Waals surface area (Å²) in [6.45, 7) is 2.21. The van der Waals surface area contributed by atoms with Gasteiger partial charge in [-0.2, -0.15) is 5.10 Å². The van der Waals surface area contributed by atoms with Crippen LogP contribution in [0.4, 0.5) is 0 Å². The Morgan fingerprint density at radius 2 is 2.23 bits per heavy atom. The van der Waals surface area contributed by atoms with Crippen LogP contribution in [0.25, 0.3) is 5.65 Å². The number of aryl methyl sites for hydroxylation is 1. The van der Waals surface area contributed by atoms with Gasteiger partial charge in [0.1, 0.15) is 4.21 Å². The molecule has 2 aliphatic rings. The highest BCUT2D eigenvalue weighted by molar-refractivity contribution is 7.91. The zero-order chi connectivity index (χ0) is 20.9. The van der Waals surface area contributed by atoms with E-state index in [0.29, 0.717) is 17.1 Å². The Balaban J connectivity index is 1.26. The number of fused-ring (bicyclic) bond motifs is 6. The Hall–Kier alpha value is -2.30. The number of thiophene rings is 1. The Labute approximate surface area is 179 Å². The van der Waals surface area contributed by atoms with Gasteiger partial charge in [0.05, 0.1) is 17.4 Å². The summed E-state index contributed by atoms with van der Waals surface area (Å²) in [5, 5.41) is 6.32. The number of hydrogen-bond acceptors (Lipinski definition) is 6. The van der Waals surface area contributed by atoms with Crippen molar-refractivity contribution in [3.05, 3.63) is 46.7 Å². The molecule has 158 valence electrons. The third kappa shape index (κ3) is 3.32. The first-order chi connectivity index (χ1) is 14.4. The van der Waals surface area contributed by atoms with Crippen LogP contribution in [0.1, 0.15) is 48.7 Å². The van der Waals surface area contributed by atoms with Crippen molar-refractivity contribution in [2.75, 3.05) is 6.54 Å². The highest BCUT2D eigenvalue weighted by Gasteiger charge is 2.43. The molecular formula is C20H23N5O3S2. The first-order valence-corrected chi connectivity index (χ1v) is 12.5. The summed E-state index contributed by atoms with van der Waals surface area (Å²) in [7, 11) is -3.48. The fourth-order valence-corrected chi connectivity index (χ4v) is 6.76. The number of rotatable bonds is 6. The lowest BCUT2D eigenvalue weighted by atomic mass is 9.98. The van der Waals surface area contributed by atoms with Gasteiger partial charge in [0.25, 0.3) is 0 Å². The van der Waals surface area contributed by atoms with Crippen molar-refractivity contribution in [2.45, 2.75) is 55.3 Å². The standard InChI is InChI=1S/C20H23N5O3S2/c1-13-10-18-21-12-15-16-7-6-14(11-17(15)25(18)23-13)24(16)19(26)4-2-8-22-30(27,28)20-5-3-9-29-20/h3,5,9-10,12,14,16,22H,2,4,6-8,11H2,1H3/t14-,16-/m0/s1. The molecule has 0 aromatic carbocycles. The van der Waals surface area contributed by atoms with Crippen molar-refractivity contribution in [1.29, 1.82) is 0 Å². The summed E-state index contributed by atoms with van der Waals surface area (Å²) >= 11 is 1.18. The molecule has 0 unspecified atom stereocenters. The minimum atomic E-state index is -3.48. The fourth-order valence-electron chi connectivity index (χ4n) is 4.64. The summed E-state index contributed by atoms with van der Waals surface area (Å²) < 4.78 is 29.2. The maximum Gasteiger partial charge on any atom is 0.250 e. The van der Waals surface area contributed by atoms with Gasteiger partial charge >= 0.3 is 0 Å². The second-order valence-electron chi connectivity index (χ2n) is 7.90. The SMILES string of the molecule is Cc1cc2ncc3c(n2n1)C[C@@H]1CC[C@@H]3N1C(=O)CCCNS(=O)(=O)c1cccs1. The Kier molecular flexibility index (Phi) is 4.87. The topological polar surface area (TPSA) is 96.7 Å². The number of carbonyl (C=O) groups is 1. The maximum absolute atomic E-state index is 13.0. The molecule has 1 N–H and O–H groups in total. The Morgan fingerprint density at radius 1 is 1.37 bits per heavy atom. The quantitative estimate of drug-likeness (QED) is 0.588. The predicted molar refractivity (Wildman–Crippen MR) is 113 cm³/mol. The molecule has 1 amide bonds. The molecule has 0 aliphatic carbocycles. The molecule has 1 fully saturated rings. The lowest BCUT2D eigenvalue weighted by molar-refractivity contribution is -0.134. The number of aromatic nitrogens is 3. The zero-order valence-electron chi connectivity index (χ0n) is 16.6. The predicted octanol–water partition coefficient (Wildman–Crippen LogP) is 2.45. The van der Waals surface area contributed by atoms with Crippen LogP contribution in [-0.4, -0.2) is 46.4 Å². The lowest BCUT2D eigenvalue weighted by Crippen LogP contribution is -2.42. The molecule has 3 aromatic heterocycles. The summed E-state index contributed by atoms with van der Waals surface area (Å²) in [5.74, 6) is 0.0835. The molecule has 8 nitrogen and oxygen atoms in total. The summed E-state index contributed by atoms with van der Waals surface area (Å²) in [6, 6.07) is 5.47. The lowest BCUT2D eigenvalue weighted by Gasteiger charge is -2.36. The maximum atomic E-state index is 13.0. The van der Waals surface area contributed by atoms with Crippen LogP contribution in [0.3, 0.4) is 0 Å². The van der Waals surface area contributed by atoms with E-state index >= 15 is 0 Å². The second kappa shape index (κ2) is 7.44. The number of nitrogens with zero attached hydrogens (tertiary/aromatic N) is 4. The van der Waals surface area contributed by atoms with E-state index in [1.807, 2.05) is 28.6 Å². The van der Waals surface area contributed by atoms with Crippen LogP contribution in [0.2, 0.25) is 0 Å². The van der Waals surface area contributed by atoms with Crippen LogP contribution >= 0.6 is 11.3 Å². The first kappa shape index (κ1) is 19.7. The van der Waals surface area contributed by atoms with Gasteiger partial charge in [-0.15, -0.1) is 11.3 Å². The average molecular weight is 446 g/mol. The van der Waals surface area contributed by atoms with Gasteiger partial charge < -0.3 is 4.90 Å². The number of nitrogens with one attached hydrogen (secondary N) is 1. The van der Waals surface area contributed by atoms with Crippen LogP contribution in [0.5, 0.6) is 0 Å². The smallest absolute Gasteiger partial charge is 0.250 e. The summed E-state index contributed by atoms with van der Waals surface area (Å²) in [6.07, 6.45) is 5.38. The van der Waals surface area contributed by atoms with Crippen molar-refractivity contribution < 1.29 is 13.2 Å². The van der Waals surface area contributed by atoms with Gasteiger partial charge in [-0.3, -0.25) is 4.79 Å². The normalized spacial score (nSPS) is 20.6. The van der Waals surface area contributed by atoms with Crippen LogP contribution < -0.4 is 4.72 Å². The van der Waals surface area contributed by atoms with E-state index in [9.17, 15) is 13.2 Å². The highest BCUT2D eigenvalue weighted by Crippen LogP contribution is 2.43. The van der Waals surface area contributed by atoms with E-state index < -0.39 is 10.0 Å². The van der Waals surface area contributed by atoms with Crippen molar-refractivity contribution in [2.24, 2.45) is 0 Å². The average Bonchev–Trinajstić information content (AvgIpc) is 3.43. The van der Waals surface area contributed by atoms with Gasteiger partial charge in [-0.1, -0.05) is 6.07 Å². The molecule has 1 saturated heterocycles. The first-order valence-electron chi connectivity index (χ1n) is 10.1. The van der Waals surface area contributed by atoms with Crippen molar-refractivity contribution in [3.8, 4) is 0 Å². The molecule has 30 heavy (non-hydrogen) atoms. The molecular weight excluding hydrogens is 422 g/mol. The largest absolute Gasteiger partial charge is 0.332 e. The minimum Gasteiger partial charge on any atom is -0.332 e. The van der Waals surface area contributed by atoms with Gasteiger partial charge in [0.2, 0.25) is 15.9 Å². The van der Waals surface area contributed by atoms with E-state index in [4.69, 9.17) is 0 Å². The second-order valence-corrected chi connectivity index (χ2v) is 10.8. The molecule has 2 atom stereocenters. The molecule has 2 aliphatic heterocycles. The van der Waals surface area contributed by atoms with Gasteiger partial charge in [-0.05, 0) is 37.6 Å². The van der Waals surface area contributed by atoms with Crippen molar-refractivity contribution in [1.82, 2.24) is 24.2 Å². The molecule has 0 saturated carbocycles. The van der Waals surface area contributed by atoms with Crippen LogP contribution in [0.15, 0.2) is 34.0 Å². The molecule has 0 spiro atoms.